The lowest BCUT2D eigenvalue weighted by molar-refractivity contribution is -0.152. The summed E-state index contributed by atoms with van der Waals surface area (Å²) in [4.78, 5) is 13.8. The Kier molecular flexibility index (Phi) is 6.65. The molecule has 0 saturated carbocycles. The van der Waals surface area contributed by atoms with Gasteiger partial charge in [-0.25, -0.2) is 0 Å². The molecule has 1 rings (SSSR count). The average molecular weight is 257 g/mol. The highest BCUT2D eigenvalue weighted by atomic mass is 16.5. The van der Waals surface area contributed by atoms with Crippen LogP contribution in [-0.2, 0) is 9.53 Å². The van der Waals surface area contributed by atoms with Crippen molar-refractivity contribution in [2.24, 2.45) is 5.41 Å². The number of hydrogen-bond donors (Lipinski definition) is 1. The van der Waals surface area contributed by atoms with Gasteiger partial charge in [-0.05, 0) is 45.7 Å². The predicted molar refractivity (Wildman–Crippen MR) is 71.8 cm³/mol. The molecule has 0 aliphatic carbocycles. The minimum absolute atomic E-state index is 0.453. The number of carbonyl (C=O) groups is 1. The second-order valence-electron chi connectivity index (χ2n) is 5.23. The van der Waals surface area contributed by atoms with Crippen molar-refractivity contribution in [2.45, 2.75) is 46.0 Å². The van der Waals surface area contributed by atoms with Crippen LogP contribution in [0.3, 0.4) is 0 Å². The highest BCUT2D eigenvalue weighted by Crippen LogP contribution is 2.36. The maximum Gasteiger partial charge on any atom is 0.309 e. The van der Waals surface area contributed by atoms with Crippen LogP contribution >= 0.6 is 0 Å². The molecule has 0 radical (unpaired) electrons. The molecule has 18 heavy (non-hydrogen) atoms. The Morgan fingerprint density at radius 3 is 2.50 bits per heavy atom. The maximum absolute atomic E-state index is 11.4. The molecule has 0 aromatic carbocycles. The Balaban J connectivity index is 2.32. The lowest BCUT2D eigenvalue weighted by Crippen LogP contribution is -2.44. The van der Waals surface area contributed by atoms with Gasteiger partial charge in [0.2, 0.25) is 0 Å². The Labute approximate surface area is 110 Å². The van der Waals surface area contributed by atoms with Crippen LogP contribution in [0.25, 0.3) is 0 Å². The fraction of sp³-hybridized carbons (Fsp3) is 0.929. The van der Waals surface area contributed by atoms with Crippen molar-refractivity contribution in [3.05, 3.63) is 0 Å². The van der Waals surface area contributed by atoms with Gasteiger partial charge in [0.1, 0.15) is 0 Å². The average Bonchev–Trinajstić information content (AvgIpc) is 2.37. The molecule has 1 aliphatic rings. The van der Waals surface area contributed by atoms with Crippen molar-refractivity contribution in [1.82, 2.24) is 4.90 Å². The molecule has 0 aromatic heterocycles. The monoisotopic (exact) mass is 257 g/mol. The number of ether oxygens (including phenoxy) is 1. The summed E-state index contributed by atoms with van der Waals surface area (Å²) in [5, 5.41) is 9.41. The molecule has 0 amide bonds. The van der Waals surface area contributed by atoms with E-state index in [1.165, 1.54) is 0 Å². The van der Waals surface area contributed by atoms with Crippen molar-refractivity contribution in [1.29, 1.82) is 0 Å². The van der Waals surface area contributed by atoms with E-state index in [2.05, 4.69) is 11.8 Å². The van der Waals surface area contributed by atoms with Crippen molar-refractivity contribution in [2.75, 3.05) is 32.8 Å². The third kappa shape index (κ3) is 4.25. The zero-order valence-corrected chi connectivity index (χ0v) is 11.8. The van der Waals surface area contributed by atoms with Crippen LogP contribution in [0.1, 0.15) is 46.0 Å². The summed E-state index contributed by atoms with van der Waals surface area (Å²) in [7, 11) is 0. The van der Waals surface area contributed by atoms with Gasteiger partial charge in [0.15, 0.2) is 0 Å². The van der Waals surface area contributed by atoms with Crippen LogP contribution in [0.15, 0.2) is 0 Å². The summed E-state index contributed by atoms with van der Waals surface area (Å²) in [5.74, 6) is -0.599. The molecule has 0 spiro atoms. The molecule has 4 heteroatoms. The molecule has 4 nitrogen and oxygen atoms in total. The van der Waals surface area contributed by atoms with Gasteiger partial charge in [-0.2, -0.15) is 0 Å². The highest BCUT2D eigenvalue weighted by molar-refractivity contribution is 5.74. The highest BCUT2D eigenvalue weighted by Gasteiger charge is 2.40. The largest absolute Gasteiger partial charge is 0.481 e. The molecule has 0 unspecified atom stereocenters. The van der Waals surface area contributed by atoms with Crippen LogP contribution in [-0.4, -0.2) is 48.8 Å². The van der Waals surface area contributed by atoms with Crippen molar-refractivity contribution in [3.63, 3.8) is 0 Å². The number of piperidine rings is 1. The minimum Gasteiger partial charge on any atom is -0.481 e. The molecule has 1 heterocycles. The molecule has 1 aliphatic heterocycles. The quantitative estimate of drug-likeness (QED) is 0.678. The van der Waals surface area contributed by atoms with Crippen LogP contribution in [0, 0.1) is 5.41 Å². The van der Waals surface area contributed by atoms with Gasteiger partial charge in [0.05, 0.1) is 5.41 Å². The van der Waals surface area contributed by atoms with E-state index in [0.717, 1.165) is 65.0 Å². The fourth-order valence-corrected chi connectivity index (χ4v) is 2.79. The lowest BCUT2D eigenvalue weighted by Gasteiger charge is -2.38. The Morgan fingerprint density at radius 1 is 1.33 bits per heavy atom. The number of nitrogens with zero attached hydrogens (tertiary/aromatic N) is 1. The normalized spacial score (nSPS) is 19.9. The first-order chi connectivity index (χ1) is 8.64. The number of aliphatic carboxylic acids is 1. The van der Waals surface area contributed by atoms with Crippen LogP contribution < -0.4 is 0 Å². The molecule has 106 valence electrons. The van der Waals surface area contributed by atoms with Gasteiger partial charge in [-0.15, -0.1) is 0 Å². The number of carboxylic acid groups (broad SMARTS) is 1. The molecule has 1 saturated heterocycles. The summed E-state index contributed by atoms with van der Waals surface area (Å²) in [5.41, 5.74) is -0.453. The van der Waals surface area contributed by atoms with Gasteiger partial charge < -0.3 is 14.7 Å². The fourth-order valence-electron chi connectivity index (χ4n) is 2.79. The van der Waals surface area contributed by atoms with E-state index in [1.54, 1.807) is 0 Å². The molecular formula is C14H27NO3. The van der Waals surface area contributed by atoms with Gasteiger partial charge in [0.25, 0.3) is 0 Å². The third-order valence-electron chi connectivity index (χ3n) is 3.96. The molecule has 0 aromatic rings. The first-order valence-corrected chi connectivity index (χ1v) is 7.18. The first kappa shape index (κ1) is 15.4. The first-order valence-electron chi connectivity index (χ1n) is 7.18. The second kappa shape index (κ2) is 7.74. The van der Waals surface area contributed by atoms with E-state index in [9.17, 15) is 9.90 Å². The summed E-state index contributed by atoms with van der Waals surface area (Å²) in [6, 6.07) is 0. The van der Waals surface area contributed by atoms with Crippen molar-refractivity contribution in [3.8, 4) is 0 Å². The number of hydrogen-bond acceptors (Lipinski definition) is 3. The number of likely N-dealkylation sites (tertiary alicyclic amines) is 1. The molecule has 0 bridgehead atoms. The summed E-state index contributed by atoms with van der Waals surface area (Å²) in [6.45, 7) is 8.52. The van der Waals surface area contributed by atoms with Gasteiger partial charge in [-0.1, -0.05) is 13.3 Å². The summed E-state index contributed by atoms with van der Waals surface area (Å²) < 4.78 is 5.32. The van der Waals surface area contributed by atoms with E-state index < -0.39 is 11.4 Å². The Hall–Kier alpha value is -0.610. The molecule has 1 N–H and O–H groups in total. The molecule has 0 atom stereocenters. The van der Waals surface area contributed by atoms with Crippen molar-refractivity contribution >= 4 is 5.97 Å². The number of rotatable bonds is 8. The number of carboxylic acids is 1. The lowest BCUT2D eigenvalue weighted by atomic mass is 9.75. The van der Waals surface area contributed by atoms with Crippen LogP contribution in [0.2, 0.25) is 0 Å². The molecular weight excluding hydrogens is 230 g/mol. The Bertz CT molecular complexity index is 247. The topological polar surface area (TPSA) is 49.8 Å². The maximum atomic E-state index is 11.4. The van der Waals surface area contributed by atoms with E-state index in [1.807, 2.05) is 6.92 Å². The second-order valence-corrected chi connectivity index (χ2v) is 5.23. The van der Waals surface area contributed by atoms with Crippen LogP contribution in [0.5, 0.6) is 0 Å². The summed E-state index contributed by atoms with van der Waals surface area (Å²) >= 11 is 0. The SMILES string of the molecule is CCCC1(C(=O)O)CCN(CCCOCC)CC1. The van der Waals surface area contributed by atoms with Crippen molar-refractivity contribution < 1.29 is 14.6 Å². The standard InChI is InChI=1S/C14H27NO3/c1-3-6-14(13(16)17)7-10-15(11-8-14)9-5-12-18-4-2/h3-12H2,1-2H3,(H,16,17). The van der Waals surface area contributed by atoms with Gasteiger partial charge in [0, 0.05) is 19.8 Å². The third-order valence-corrected chi connectivity index (χ3v) is 3.96. The zero-order chi connectivity index (χ0) is 13.4. The van der Waals surface area contributed by atoms with Gasteiger partial charge >= 0.3 is 5.97 Å². The van der Waals surface area contributed by atoms with Gasteiger partial charge in [-0.3, -0.25) is 4.79 Å². The summed E-state index contributed by atoms with van der Waals surface area (Å²) in [6.07, 6.45) is 4.41. The van der Waals surface area contributed by atoms with E-state index >= 15 is 0 Å². The minimum atomic E-state index is -0.599. The molecule has 1 fully saturated rings. The van der Waals surface area contributed by atoms with E-state index in [4.69, 9.17) is 4.74 Å². The Morgan fingerprint density at radius 2 is 2.00 bits per heavy atom. The van der Waals surface area contributed by atoms with Crippen LogP contribution in [0.4, 0.5) is 0 Å². The predicted octanol–water partition coefficient (Wildman–Crippen LogP) is 2.38. The van der Waals surface area contributed by atoms with E-state index in [-0.39, 0.29) is 0 Å². The zero-order valence-electron chi connectivity index (χ0n) is 11.8. The van der Waals surface area contributed by atoms with E-state index in [0.29, 0.717) is 0 Å². The smallest absolute Gasteiger partial charge is 0.309 e.